The number of rotatable bonds is 5. The first kappa shape index (κ1) is 16.9. The SMILES string of the molecule is COc1ccc(C2CC(C(=O)N(C)C(C)c3cncs3)NN2)cc1. The molecule has 7 heteroatoms. The summed E-state index contributed by atoms with van der Waals surface area (Å²) in [5.74, 6) is 0.912. The molecule has 0 spiro atoms. The van der Waals surface area contributed by atoms with Crippen LogP contribution in [0.3, 0.4) is 0 Å². The Kier molecular flexibility index (Phi) is 5.13. The van der Waals surface area contributed by atoms with Crippen molar-refractivity contribution in [3.8, 4) is 5.75 Å². The molecule has 0 saturated carbocycles. The topological polar surface area (TPSA) is 66.5 Å². The molecule has 128 valence electrons. The average Bonchev–Trinajstić information content (AvgIpc) is 3.31. The highest BCUT2D eigenvalue weighted by Crippen LogP contribution is 2.27. The Morgan fingerprint density at radius 3 is 2.75 bits per heavy atom. The second-order valence-corrected chi connectivity index (χ2v) is 6.85. The molecule has 0 radical (unpaired) electrons. The third kappa shape index (κ3) is 3.43. The molecular formula is C17H22N4O2S. The molecule has 24 heavy (non-hydrogen) atoms. The van der Waals surface area contributed by atoms with E-state index in [1.165, 1.54) is 0 Å². The summed E-state index contributed by atoms with van der Waals surface area (Å²) in [7, 11) is 3.49. The number of carbonyl (C=O) groups is 1. The van der Waals surface area contributed by atoms with Crippen LogP contribution in [-0.2, 0) is 4.79 Å². The van der Waals surface area contributed by atoms with Gasteiger partial charge in [0.15, 0.2) is 0 Å². The van der Waals surface area contributed by atoms with Crippen LogP contribution in [0.15, 0.2) is 36.0 Å². The summed E-state index contributed by atoms with van der Waals surface area (Å²) in [5.41, 5.74) is 9.28. The van der Waals surface area contributed by atoms with Crippen LogP contribution >= 0.6 is 11.3 Å². The van der Waals surface area contributed by atoms with Gasteiger partial charge in [-0.2, -0.15) is 0 Å². The van der Waals surface area contributed by atoms with Gasteiger partial charge in [0.25, 0.3) is 0 Å². The number of hydrogen-bond acceptors (Lipinski definition) is 6. The van der Waals surface area contributed by atoms with E-state index in [1.807, 2.05) is 44.4 Å². The van der Waals surface area contributed by atoms with Gasteiger partial charge in [-0.15, -0.1) is 11.3 Å². The van der Waals surface area contributed by atoms with E-state index < -0.39 is 0 Å². The fourth-order valence-electron chi connectivity index (χ4n) is 2.83. The first-order chi connectivity index (χ1) is 11.6. The summed E-state index contributed by atoms with van der Waals surface area (Å²) >= 11 is 1.57. The van der Waals surface area contributed by atoms with Crippen molar-refractivity contribution < 1.29 is 9.53 Å². The van der Waals surface area contributed by atoms with Crippen molar-refractivity contribution in [1.82, 2.24) is 20.7 Å². The van der Waals surface area contributed by atoms with Crippen molar-refractivity contribution in [2.75, 3.05) is 14.2 Å². The molecule has 1 fully saturated rings. The fraction of sp³-hybridized carbons (Fsp3) is 0.412. The predicted octanol–water partition coefficient (Wildman–Crippen LogP) is 2.28. The molecule has 3 atom stereocenters. The summed E-state index contributed by atoms with van der Waals surface area (Å²) in [4.78, 5) is 19.7. The Bertz CT molecular complexity index is 674. The predicted molar refractivity (Wildman–Crippen MR) is 93.7 cm³/mol. The molecule has 0 aliphatic carbocycles. The number of benzene rings is 1. The Labute approximate surface area is 145 Å². The van der Waals surface area contributed by atoms with Gasteiger partial charge in [0.05, 0.1) is 18.7 Å². The number of methoxy groups -OCH3 is 1. The minimum Gasteiger partial charge on any atom is -0.497 e. The van der Waals surface area contributed by atoms with Gasteiger partial charge in [-0.25, -0.2) is 10.9 Å². The van der Waals surface area contributed by atoms with E-state index in [4.69, 9.17) is 4.74 Å². The molecule has 2 aromatic rings. The van der Waals surface area contributed by atoms with Crippen LogP contribution in [0.5, 0.6) is 5.75 Å². The standard InChI is InChI=1S/C17H22N4O2S/c1-11(16-9-18-10-24-16)21(2)17(22)15-8-14(19-20-15)12-4-6-13(23-3)7-5-12/h4-7,9-11,14-15,19-20H,8H2,1-3H3. The molecule has 0 bridgehead atoms. The number of carbonyl (C=O) groups excluding carboxylic acids is 1. The second kappa shape index (κ2) is 7.29. The summed E-state index contributed by atoms with van der Waals surface area (Å²) in [6, 6.07) is 7.80. The van der Waals surface area contributed by atoms with E-state index in [1.54, 1.807) is 28.9 Å². The molecule has 1 aliphatic heterocycles. The monoisotopic (exact) mass is 346 g/mol. The Hall–Kier alpha value is -1.96. The molecule has 2 heterocycles. The Balaban J connectivity index is 1.62. The smallest absolute Gasteiger partial charge is 0.241 e. The van der Waals surface area contributed by atoms with E-state index in [-0.39, 0.29) is 24.0 Å². The zero-order valence-corrected chi connectivity index (χ0v) is 14.8. The molecule has 3 rings (SSSR count). The number of aromatic nitrogens is 1. The first-order valence-electron chi connectivity index (χ1n) is 7.90. The van der Waals surface area contributed by atoms with Gasteiger partial charge in [0, 0.05) is 24.2 Å². The third-order valence-electron chi connectivity index (χ3n) is 4.51. The van der Waals surface area contributed by atoms with Crippen LogP contribution in [0.2, 0.25) is 0 Å². The van der Waals surface area contributed by atoms with Gasteiger partial charge >= 0.3 is 0 Å². The van der Waals surface area contributed by atoms with Crippen LogP contribution in [-0.4, -0.2) is 36.0 Å². The van der Waals surface area contributed by atoms with Crippen LogP contribution in [0.25, 0.3) is 0 Å². The lowest BCUT2D eigenvalue weighted by Crippen LogP contribution is -2.44. The number of hydrogen-bond donors (Lipinski definition) is 2. The lowest BCUT2D eigenvalue weighted by Gasteiger charge is -2.26. The maximum Gasteiger partial charge on any atom is 0.241 e. The van der Waals surface area contributed by atoms with Crippen LogP contribution in [0.1, 0.15) is 35.9 Å². The third-order valence-corrected chi connectivity index (χ3v) is 5.46. The van der Waals surface area contributed by atoms with E-state index in [0.717, 1.165) is 16.2 Å². The highest BCUT2D eigenvalue weighted by molar-refractivity contribution is 7.09. The lowest BCUT2D eigenvalue weighted by molar-refractivity contribution is -0.133. The first-order valence-corrected chi connectivity index (χ1v) is 8.78. The number of hydrazine groups is 1. The molecular weight excluding hydrogens is 324 g/mol. The number of ether oxygens (including phenoxy) is 1. The second-order valence-electron chi connectivity index (χ2n) is 5.93. The quantitative estimate of drug-likeness (QED) is 0.869. The van der Waals surface area contributed by atoms with Gasteiger partial charge in [-0.05, 0) is 31.0 Å². The van der Waals surface area contributed by atoms with Crippen LogP contribution < -0.4 is 15.6 Å². The lowest BCUT2D eigenvalue weighted by atomic mass is 10.0. The van der Waals surface area contributed by atoms with Crippen molar-refractivity contribution in [2.45, 2.75) is 31.5 Å². The van der Waals surface area contributed by atoms with Crippen LogP contribution in [0.4, 0.5) is 0 Å². The molecule has 1 amide bonds. The van der Waals surface area contributed by atoms with Crippen molar-refractivity contribution in [3.63, 3.8) is 0 Å². The molecule has 6 nitrogen and oxygen atoms in total. The number of nitrogens with one attached hydrogen (secondary N) is 2. The van der Waals surface area contributed by atoms with Crippen molar-refractivity contribution in [2.24, 2.45) is 0 Å². The summed E-state index contributed by atoms with van der Waals surface area (Å²) in [6.45, 7) is 2.02. The van der Waals surface area contributed by atoms with Gasteiger partial charge in [0.1, 0.15) is 11.8 Å². The molecule has 1 saturated heterocycles. The van der Waals surface area contributed by atoms with E-state index >= 15 is 0 Å². The fourth-order valence-corrected chi connectivity index (χ4v) is 3.55. The van der Waals surface area contributed by atoms with Gasteiger partial charge in [-0.1, -0.05) is 12.1 Å². The zero-order valence-electron chi connectivity index (χ0n) is 14.0. The van der Waals surface area contributed by atoms with Gasteiger partial charge in [0.2, 0.25) is 5.91 Å². The zero-order chi connectivity index (χ0) is 17.1. The van der Waals surface area contributed by atoms with Gasteiger partial charge in [-0.3, -0.25) is 9.78 Å². The van der Waals surface area contributed by atoms with E-state index in [9.17, 15) is 4.79 Å². The number of nitrogens with zero attached hydrogens (tertiary/aromatic N) is 2. The summed E-state index contributed by atoms with van der Waals surface area (Å²) in [6.07, 6.45) is 2.53. The molecule has 2 N–H and O–H groups in total. The molecule has 3 unspecified atom stereocenters. The minimum atomic E-state index is -0.238. The van der Waals surface area contributed by atoms with E-state index in [2.05, 4.69) is 15.8 Å². The normalized spacial score (nSPS) is 21.5. The Morgan fingerprint density at radius 2 is 2.12 bits per heavy atom. The number of amides is 1. The van der Waals surface area contributed by atoms with Crippen molar-refractivity contribution in [3.05, 3.63) is 46.4 Å². The highest BCUT2D eigenvalue weighted by Gasteiger charge is 2.33. The largest absolute Gasteiger partial charge is 0.497 e. The minimum absolute atomic E-state index is 0.0202. The van der Waals surface area contributed by atoms with Crippen molar-refractivity contribution in [1.29, 1.82) is 0 Å². The maximum atomic E-state index is 12.7. The maximum absolute atomic E-state index is 12.7. The number of likely N-dealkylation sites (N-methyl/N-ethyl adjacent to an activating group) is 1. The molecule has 1 aromatic heterocycles. The van der Waals surface area contributed by atoms with E-state index in [0.29, 0.717) is 6.42 Å². The summed E-state index contributed by atoms with van der Waals surface area (Å²) in [5, 5.41) is 0. The Morgan fingerprint density at radius 1 is 1.38 bits per heavy atom. The molecule has 1 aliphatic rings. The van der Waals surface area contributed by atoms with Crippen molar-refractivity contribution >= 4 is 17.2 Å². The van der Waals surface area contributed by atoms with Gasteiger partial charge < -0.3 is 9.64 Å². The average molecular weight is 346 g/mol. The van der Waals surface area contributed by atoms with Crippen LogP contribution in [0, 0.1) is 0 Å². The number of thiazole rings is 1. The highest BCUT2D eigenvalue weighted by atomic mass is 32.1. The summed E-state index contributed by atoms with van der Waals surface area (Å²) < 4.78 is 5.18. The molecule has 1 aromatic carbocycles.